The highest BCUT2D eigenvalue weighted by Crippen LogP contribution is 2.31. The first kappa shape index (κ1) is 11.5. The maximum absolute atomic E-state index is 13.1. The number of hydrogen-bond donors (Lipinski definition) is 1. The molecule has 1 N–H and O–H groups in total. The molecule has 0 aromatic heterocycles. The van der Waals surface area contributed by atoms with E-state index >= 15 is 0 Å². The zero-order valence-electron chi connectivity index (χ0n) is 9.63. The number of nitrogens with zero attached hydrogens (tertiary/aromatic N) is 1. The summed E-state index contributed by atoms with van der Waals surface area (Å²) in [5.74, 6) is -0.207. The molecule has 1 unspecified atom stereocenters. The molecule has 1 saturated carbocycles. The first-order chi connectivity index (χ1) is 8.22. The predicted molar refractivity (Wildman–Crippen MR) is 70.7 cm³/mol. The molecule has 1 aliphatic heterocycles. The third-order valence-corrected chi connectivity index (χ3v) is 4.18. The van der Waals surface area contributed by atoms with Crippen molar-refractivity contribution in [3.63, 3.8) is 0 Å². The minimum absolute atomic E-state index is 0.207. The quantitative estimate of drug-likeness (QED) is 0.922. The van der Waals surface area contributed by atoms with Crippen molar-refractivity contribution in [2.24, 2.45) is 0 Å². The summed E-state index contributed by atoms with van der Waals surface area (Å²) >= 11 is 3.22. The van der Waals surface area contributed by atoms with Crippen LogP contribution in [-0.2, 0) is 0 Å². The smallest absolute Gasteiger partial charge is 0.137 e. The molecule has 2 fully saturated rings. The third kappa shape index (κ3) is 2.63. The van der Waals surface area contributed by atoms with Crippen LogP contribution >= 0.6 is 15.9 Å². The number of halogens is 2. The standard InChI is InChI=1S/C13H16BrFN2/c14-12-7-9(1-4-13(12)15)16-10-5-6-17(8-10)11-2-3-11/h1,4,7,10-11,16H,2-3,5-6,8H2. The second-order valence-electron chi connectivity index (χ2n) is 4.98. The zero-order chi connectivity index (χ0) is 11.8. The Morgan fingerprint density at radius 3 is 2.82 bits per heavy atom. The Labute approximate surface area is 109 Å². The summed E-state index contributed by atoms with van der Waals surface area (Å²) in [6, 6.07) is 6.48. The van der Waals surface area contributed by atoms with Crippen molar-refractivity contribution in [2.75, 3.05) is 18.4 Å². The van der Waals surface area contributed by atoms with Crippen LogP contribution in [0.1, 0.15) is 19.3 Å². The summed E-state index contributed by atoms with van der Waals surface area (Å²) in [6.45, 7) is 2.32. The predicted octanol–water partition coefficient (Wildman–Crippen LogP) is 3.24. The zero-order valence-corrected chi connectivity index (χ0v) is 11.2. The first-order valence-electron chi connectivity index (χ1n) is 6.18. The van der Waals surface area contributed by atoms with Gasteiger partial charge in [-0.2, -0.15) is 0 Å². The van der Waals surface area contributed by atoms with Gasteiger partial charge in [0.2, 0.25) is 0 Å². The van der Waals surface area contributed by atoms with Crippen LogP contribution in [0.3, 0.4) is 0 Å². The Balaban J connectivity index is 1.61. The summed E-state index contributed by atoms with van der Waals surface area (Å²) in [4.78, 5) is 2.57. The highest BCUT2D eigenvalue weighted by atomic mass is 79.9. The van der Waals surface area contributed by atoms with Crippen LogP contribution in [0.2, 0.25) is 0 Å². The lowest BCUT2D eigenvalue weighted by molar-refractivity contribution is 0.326. The molecule has 0 bridgehead atoms. The summed E-state index contributed by atoms with van der Waals surface area (Å²) in [5.41, 5.74) is 1.00. The van der Waals surface area contributed by atoms with Gasteiger partial charge in [-0.3, -0.25) is 4.90 Å². The summed E-state index contributed by atoms with van der Waals surface area (Å²) in [7, 11) is 0. The molecule has 92 valence electrons. The van der Waals surface area contributed by atoms with E-state index < -0.39 is 0 Å². The summed E-state index contributed by atoms with van der Waals surface area (Å²) in [6.07, 6.45) is 3.93. The molecule has 0 radical (unpaired) electrons. The minimum atomic E-state index is -0.207. The number of rotatable bonds is 3. The molecule has 1 atom stereocenters. The van der Waals surface area contributed by atoms with Gasteiger partial charge in [0, 0.05) is 30.9 Å². The molecule has 2 nitrogen and oxygen atoms in total. The Bertz CT molecular complexity index is 420. The Kier molecular flexibility index (Phi) is 3.09. The molecule has 1 heterocycles. The van der Waals surface area contributed by atoms with Gasteiger partial charge in [-0.1, -0.05) is 0 Å². The fraction of sp³-hybridized carbons (Fsp3) is 0.538. The van der Waals surface area contributed by atoms with Crippen molar-refractivity contribution in [1.82, 2.24) is 4.90 Å². The van der Waals surface area contributed by atoms with Gasteiger partial charge < -0.3 is 5.32 Å². The van der Waals surface area contributed by atoms with Crippen LogP contribution in [0.15, 0.2) is 22.7 Å². The van der Waals surface area contributed by atoms with E-state index in [-0.39, 0.29) is 5.82 Å². The number of nitrogens with one attached hydrogen (secondary N) is 1. The lowest BCUT2D eigenvalue weighted by atomic mass is 10.2. The molecule has 4 heteroatoms. The molecule has 0 amide bonds. The van der Waals surface area contributed by atoms with Crippen molar-refractivity contribution in [3.8, 4) is 0 Å². The van der Waals surface area contributed by atoms with Gasteiger partial charge in [0.05, 0.1) is 4.47 Å². The van der Waals surface area contributed by atoms with Crippen LogP contribution in [0, 0.1) is 5.82 Å². The van der Waals surface area contributed by atoms with Gasteiger partial charge in [-0.05, 0) is 53.4 Å². The molecule has 1 saturated heterocycles. The van der Waals surface area contributed by atoms with Crippen LogP contribution in [-0.4, -0.2) is 30.1 Å². The maximum atomic E-state index is 13.1. The average Bonchev–Trinajstić information content (AvgIpc) is 3.06. The number of likely N-dealkylation sites (tertiary alicyclic amines) is 1. The van der Waals surface area contributed by atoms with E-state index in [1.165, 1.54) is 31.9 Å². The van der Waals surface area contributed by atoms with Gasteiger partial charge in [0.15, 0.2) is 0 Å². The van der Waals surface area contributed by atoms with E-state index in [0.717, 1.165) is 18.3 Å². The third-order valence-electron chi connectivity index (χ3n) is 3.57. The second-order valence-corrected chi connectivity index (χ2v) is 5.84. The van der Waals surface area contributed by atoms with E-state index in [2.05, 4.69) is 26.1 Å². The van der Waals surface area contributed by atoms with Crippen molar-refractivity contribution < 1.29 is 4.39 Å². The molecule has 1 aliphatic carbocycles. The normalized spacial score (nSPS) is 25.2. The maximum Gasteiger partial charge on any atom is 0.137 e. The largest absolute Gasteiger partial charge is 0.381 e. The van der Waals surface area contributed by atoms with E-state index in [0.29, 0.717) is 10.5 Å². The van der Waals surface area contributed by atoms with E-state index in [9.17, 15) is 4.39 Å². The Morgan fingerprint density at radius 2 is 2.12 bits per heavy atom. The van der Waals surface area contributed by atoms with Crippen LogP contribution < -0.4 is 5.32 Å². The SMILES string of the molecule is Fc1ccc(NC2CCN(C3CC3)C2)cc1Br. The lowest BCUT2D eigenvalue weighted by Crippen LogP contribution is -2.27. The number of benzene rings is 1. The fourth-order valence-corrected chi connectivity index (χ4v) is 2.88. The summed E-state index contributed by atoms with van der Waals surface area (Å²) in [5, 5.41) is 3.48. The monoisotopic (exact) mass is 298 g/mol. The fourth-order valence-electron chi connectivity index (χ4n) is 2.50. The minimum Gasteiger partial charge on any atom is -0.381 e. The van der Waals surface area contributed by atoms with Gasteiger partial charge in [0.25, 0.3) is 0 Å². The van der Waals surface area contributed by atoms with Crippen LogP contribution in [0.5, 0.6) is 0 Å². The van der Waals surface area contributed by atoms with Crippen molar-refractivity contribution in [1.29, 1.82) is 0 Å². The van der Waals surface area contributed by atoms with Crippen molar-refractivity contribution in [3.05, 3.63) is 28.5 Å². The van der Waals surface area contributed by atoms with E-state index in [4.69, 9.17) is 0 Å². The van der Waals surface area contributed by atoms with Gasteiger partial charge >= 0.3 is 0 Å². The first-order valence-corrected chi connectivity index (χ1v) is 6.97. The lowest BCUT2D eigenvalue weighted by Gasteiger charge is -2.16. The Morgan fingerprint density at radius 1 is 1.29 bits per heavy atom. The topological polar surface area (TPSA) is 15.3 Å². The average molecular weight is 299 g/mol. The van der Waals surface area contributed by atoms with Crippen molar-refractivity contribution in [2.45, 2.75) is 31.3 Å². The van der Waals surface area contributed by atoms with Gasteiger partial charge in [0.1, 0.15) is 5.82 Å². The van der Waals surface area contributed by atoms with Crippen LogP contribution in [0.25, 0.3) is 0 Å². The molecular weight excluding hydrogens is 283 g/mol. The van der Waals surface area contributed by atoms with E-state index in [1.807, 2.05) is 6.07 Å². The molecule has 2 aliphatic rings. The van der Waals surface area contributed by atoms with Gasteiger partial charge in [-0.15, -0.1) is 0 Å². The highest BCUT2D eigenvalue weighted by molar-refractivity contribution is 9.10. The second kappa shape index (κ2) is 4.58. The van der Waals surface area contributed by atoms with E-state index in [1.54, 1.807) is 6.07 Å². The molecule has 3 rings (SSSR count). The molecule has 17 heavy (non-hydrogen) atoms. The Hall–Kier alpha value is -0.610. The number of anilines is 1. The number of hydrogen-bond acceptors (Lipinski definition) is 2. The molecular formula is C13H16BrFN2. The van der Waals surface area contributed by atoms with Crippen LogP contribution in [0.4, 0.5) is 10.1 Å². The highest BCUT2D eigenvalue weighted by Gasteiger charge is 2.34. The van der Waals surface area contributed by atoms with Gasteiger partial charge in [-0.25, -0.2) is 4.39 Å². The molecule has 1 aromatic carbocycles. The van der Waals surface area contributed by atoms with Crippen molar-refractivity contribution >= 4 is 21.6 Å². The summed E-state index contributed by atoms with van der Waals surface area (Å²) < 4.78 is 13.6. The molecule has 0 spiro atoms. The molecule has 1 aromatic rings.